The molecule has 6 heteroatoms. The lowest BCUT2D eigenvalue weighted by Crippen LogP contribution is -2.27. The summed E-state index contributed by atoms with van der Waals surface area (Å²) in [5, 5.41) is 6.95. The van der Waals surface area contributed by atoms with Crippen LogP contribution in [0.5, 0.6) is 0 Å². The van der Waals surface area contributed by atoms with Gasteiger partial charge in [0.1, 0.15) is 0 Å². The Hall–Kier alpha value is -2.11. The molecule has 2 aromatic rings. The third kappa shape index (κ3) is 5.23. The van der Waals surface area contributed by atoms with E-state index in [0.717, 1.165) is 5.56 Å². The molecule has 0 bridgehead atoms. The minimum absolute atomic E-state index is 0.295. The number of hydrogen-bond acceptors (Lipinski definition) is 3. The van der Waals surface area contributed by atoms with Gasteiger partial charge in [-0.1, -0.05) is 41.9 Å². The van der Waals surface area contributed by atoms with E-state index in [1.807, 2.05) is 30.3 Å². The van der Waals surface area contributed by atoms with Crippen LogP contribution in [-0.4, -0.2) is 17.7 Å². The first-order chi connectivity index (χ1) is 11.1. The summed E-state index contributed by atoms with van der Waals surface area (Å²) in [5.74, 6) is -0.454. The SMILES string of the molecule is CCOC(=O)c1cc(NC(=S)NCc2ccccc2)ccc1Cl. The minimum Gasteiger partial charge on any atom is -0.462 e. The van der Waals surface area contributed by atoms with Crippen molar-refractivity contribution in [1.82, 2.24) is 5.32 Å². The van der Waals surface area contributed by atoms with Gasteiger partial charge in [0.15, 0.2) is 5.11 Å². The van der Waals surface area contributed by atoms with Crippen LogP contribution >= 0.6 is 23.8 Å². The smallest absolute Gasteiger partial charge is 0.339 e. The molecule has 2 rings (SSSR count). The quantitative estimate of drug-likeness (QED) is 0.631. The first kappa shape index (κ1) is 17.2. The Morgan fingerprint density at radius 3 is 2.65 bits per heavy atom. The molecule has 0 amide bonds. The first-order valence-corrected chi connectivity index (χ1v) is 7.94. The first-order valence-electron chi connectivity index (χ1n) is 7.15. The van der Waals surface area contributed by atoms with Crippen LogP contribution in [0.1, 0.15) is 22.8 Å². The van der Waals surface area contributed by atoms with Gasteiger partial charge in [-0.3, -0.25) is 0 Å². The summed E-state index contributed by atoms with van der Waals surface area (Å²) < 4.78 is 4.97. The van der Waals surface area contributed by atoms with E-state index in [0.29, 0.717) is 34.5 Å². The van der Waals surface area contributed by atoms with Crippen LogP contribution in [0.3, 0.4) is 0 Å². The average molecular weight is 349 g/mol. The largest absolute Gasteiger partial charge is 0.462 e. The van der Waals surface area contributed by atoms with E-state index in [-0.39, 0.29) is 0 Å². The number of nitrogens with one attached hydrogen (secondary N) is 2. The molecule has 0 aliphatic heterocycles. The summed E-state index contributed by atoms with van der Waals surface area (Å²) in [4.78, 5) is 11.8. The minimum atomic E-state index is -0.454. The van der Waals surface area contributed by atoms with Gasteiger partial charge in [0.05, 0.1) is 17.2 Å². The molecule has 0 radical (unpaired) electrons. The molecule has 2 aromatic carbocycles. The average Bonchev–Trinajstić information content (AvgIpc) is 2.56. The van der Waals surface area contributed by atoms with E-state index in [2.05, 4.69) is 10.6 Å². The number of ether oxygens (including phenoxy) is 1. The highest BCUT2D eigenvalue weighted by atomic mass is 35.5. The molecule has 0 heterocycles. The number of esters is 1. The fourth-order valence-corrected chi connectivity index (χ4v) is 2.31. The Balaban J connectivity index is 1.98. The molecule has 0 aliphatic rings. The van der Waals surface area contributed by atoms with Crippen molar-refractivity contribution < 1.29 is 9.53 Å². The van der Waals surface area contributed by atoms with E-state index in [4.69, 9.17) is 28.6 Å². The molecule has 0 fully saturated rings. The predicted octanol–water partition coefficient (Wildman–Crippen LogP) is 4.00. The van der Waals surface area contributed by atoms with Crippen molar-refractivity contribution >= 4 is 40.6 Å². The molecular weight excluding hydrogens is 332 g/mol. The fourth-order valence-electron chi connectivity index (χ4n) is 1.92. The highest BCUT2D eigenvalue weighted by Gasteiger charge is 2.12. The monoisotopic (exact) mass is 348 g/mol. The molecular formula is C17H17ClN2O2S. The second-order valence-electron chi connectivity index (χ2n) is 4.71. The molecule has 120 valence electrons. The van der Waals surface area contributed by atoms with Crippen LogP contribution in [0.15, 0.2) is 48.5 Å². The molecule has 0 saturated heterocycles. The van der Waals surface area contributed by atoms with Gasteiger partial charge in [-0.05, 0) is 42.9 Å². The maximum Gasteiger partial charge on any atom is 0.339 e. The number of carbonyl (C=O) groups is 1. The maximum absolute atomic E-state index is 11.8. The van der Waals surface area contributed by atoms with E-state index in [9.17, 15) is 4.79 Å². The van der Waals surface area contributed by atoms with Crippen molar-refractivity contribution in [1.29, 1.82) is 0 Å². The number of anilines is 1. The lowest BCUT2D eigenvalue weighted by Gasteiger charge is -2.12. The van der Waals surface area contributed by atoms with Crippen LogP contribution < -0.4 is 10.6 Å². The zero-order chi connectivity index (χ0) is 16.7. The standard InChI is InChI=1S/C17H17ClN2O2S/c1-2-22-16(21)14-10-13(8-9-15(14)18)20-17(23)19-11-12-6-4-3-5-7-12/h3-10H,2,11H2,1H3,(H2,19,20,23). The molecule has 2 N–H and O–H groups in total. The third-order valence-electron chi connectivity index (χ3n) is 3.02. The summed E-state index contributed by atoms with van der Waals surface area (Å²) in [5.41, 5.74) is 2.10. The molecule has 4 nitrogen and oxygen atoms in total. The molecule has 0 unspecified atom stereocenters. The van der Waals surface area contributed by atoms with E-state index in [1.165, 1.54) is 0 Å². The Morgan fingerprint density at radius 2 is 1.96 bits per heavy atom. The van der Waals surface area contributed by atoms with Crippen molar-refractivity contribution in [2.75, 3.05) is 11.9 Å². The number of rotatable bonds is 5. The molecule has 23 heavy (non-hydrogen) atoms. The normalized spacial score (nSPS) is 10.0. The molecule has 0 saturated carbocycles. The van der Waals surface area contributed by atoms with Gasteiger partial charge in [0, 0.05) is 12.2 Å². The van der Waals surface area contributed by atoms with Crippen molar-refractivity contribution in [2.24, 2.45) is 0 Å². The Kier molecular flexibility index (Phi) is 6.38. The molecule has 0 aliphatic carbocycles. The zero-order valence-corrected chi connectivity index (χ0v) is 14.2. The topological polar surface area (TPSA) is 50.4 Å². The van der Waals surface area contributed by atoms with Gasteiger partial charge < -0.3 is 15.4 Å². The Labute approximate surface area is 145 Å². The van der Waals surface area contributed by atoms with Crippen LogP contribution in [0, 0.1) is 0 Å². The van der Waals surface area contributed by atoms with Crippen molar-refractivity contribution in [3.63, 3.8) is 0 Å². The van der Waals surface area contributed by atoms with Crippen molar-refractivity contribution in [2.45, 2.75) is 13.5 Å². The van der Waals surface area contributed by atoms with E-state index < -0.39 is 5.97 Å². The number of benzene rings is 2. The van der Waals surface area contributed by atoms with Gasteiger partial charge >= 0.3 is 5.97 Å². The number of hydrogen-bond donors (Lipinski definition) is 2. The summed E-state index contributed by atoms with van der Waals surface area (Å²) in [7, 11) is 0. The molecule has 0 atom stereocenters. The highest BCUT2D eigenvalue weighted by molar-refractivity contribution is 7.80. The Bertz CT molecular complexity index is 692. The Morgan fingerprint density at radius 1 is 1.22 bits per heavy atom. The predicted molar refractivity (Wildman–Crippen MR) is 96.9 cm³/mol. The van der Waals surface area contributed by atoms with Gasteiger partial charge in [0.2, 0.25) is 0 Å². The van der Waals surface area contributed by atoms with Crippen LogP contribution in [0.4, 0.5) is 5.69 Å². The number of halogens is 1. The summed E-state index contributed by atoms with van der Waals surface area (Å²) in [6.45, 7) is 2.66. The summed E-state index contributed by atoms with van der Waals surface area (Å²) in [6, 6.07) is 14.9. The highest BCUT2D eigenvalue weighted by Crippen LogP contribution is 2.21. The summed E-state index contributed by atoms with van der Waals surface area (Å²) in [6.07, 6.45) is 0. The van der Waals surface area contributed by atoms with Crippen LogP contribution in [0.25, 0.3) is 0 Å². The van der Waals surface area contributed by atoms with Gasteiger partial charge in [-0.25, -0.2) is 4.79 Å². The van der Waals surface area contributed by atoms with E-state index >= 15 is 0 Å². The lowest BCUT2D eigenvalue weighted by atomic mass is 10.2. The van der Waals surface area contributed by atoms with Crippen molar-refractivity contribution in [3.8, 4) is 0 Å². The number of carbonyl (C=O) groups excluding carboxylic acids is 1. The second-order valence-corrected chi connectivity index (χ2v) is 5.52. The second kappa shape index (κ2) is 8.50. The zero-order valence-electron chi connectivity index (χ0n) is 12.6. The van der Waals surface area contributed by atoms with Gasteiger partial charge in [0.25, 0.3) is 0 Å². The van der Waals surface area contributed by atoms with Crippen LogP contribution in [-0.2, 0) is 11.3 Å². The van der Waals surface area contributed by atoms with Crippen molar-refractivity contribution in [3.05, 3.63) is 64.7 Å². The maximum atomic E-state index is 11.8. The fraction of sp³-hybridized carbons (Fsp3) is 0.176. The molecule has 0 spiro atoms. The lowest BCUT2D eigenvalue weighted by molar-refractivity contribution is 0.0526. The van der Waals surface area contributed by atoms with E-state index in [1.54, 1.807) is 25.1 Å². The van der Waals surface area contributed by atoms with Gasteiger partial charge in [-0.2, -0.15) is 0 Å². The summed E-state index contributed by atoms with van der Waals surface area (Å²) >= 11 is 11.3. The van der Waals surface area contributed by atoms with Crippen LogP contribution in [0.2, 0.25) is 5.02 Å². The van der Waals surface area contributed by atoms with Gasteiger partial charge in [-0.15, -0.1) is 0 Å². The number of thiocarbonyl (C=S) groups is 1. The third-order valence-corrected chi connectivity index (χ3v) is 3.59. The molecule has 0 aromatic heterocycles.